The number of H-pyrrole nitrogens is 1. The molecule has 2 aromatic carbocycles. The normalized spacial score (nSPS) is 11.0. The van der Waals surface area contributed by atoms with Gasteiger partial charge in [0.2, 0.25) is 11.9 Å². The number of rotatable bonds is 6. The van der Waals surface area contributed by atoms with Crippen molar-refractivity contribution in [2.45, 2.75) is 34.1 Å². The van der Waals surface area contributed by atoms with E-state index < -0.39 is 0 Å². The monoisotopic (exact) mass is 415 g/mol. The Balaban J connectivity index is 1.62. The molecule has 2 N–H and O–H groups in total. The molecule has 0 aliphatic heterocycles. The van der Waals surface area contributed by atoms with E-state index in [9.17, 15) is 4.79 Å². The molecule has 0 atom stereocenters. The molecule has 0 aliphatic carbocycles. The molecule has 0 saturated carbocycles. The van der Waals surface area contributed by atoms with Crippen LogP contribution in [0.15, 0.2) is 47.3 Å². The van der Waals surface area contributed by atoms with Crippen LogP contribution in [0.5, 0.6) is 5.75 Å². The third-order valence-corrected chi connectivity index (χ3v) is 5.25. The third kappa shape index (κ3) is 4.40. The number of fused-ring (bicyclic) bond motifs is 1. The first-order valence-corrected chi connectivity index (χ1v) is 10.3. The van der Waals surface area contributed by atoms with E-state index in [1.54, 1.807) is 0 Å². The molecular formula is C24H25N5O2. The van der Waals surface area contributed by atoms with Gasteiger partial charge in [0.1, 0.15) is 5.75 Å². The smallest absolute Gasteiger partial charge is 0.256 e. The minimum Gasteiger partial charge on any atom is -0.494 e. The molecule has 4 aromatic rings. The van der Waals surface area contributed by atoms with Gasteiger partial charge in [0.25, 0.3) is 5.56 Å². The number of anilines is 2. The van der Waals surface area contributed by atoms with E-state index >= 15 is 0 Å². The highest BCUT2D eigenvalue weighted by Crippen LogP contribution is 2.23. The van der Waals surface area contributed by atoms with Gasteiger partial charge in [0.05, 0.1) is 23.5 Å². The van der Waals surface area contributed by atoms with Crippen LogP contribution in [0.3, 0.4) is 0 Å². The fourth-order valence-electron chi connectivity index (χ4n) is 3.56. The van der Waals surface area contributed by atoms with Gasteiger partial charge in [-0.1, -0.05) is 24.3 Å². The van der Waals surface area contributed by atoms with Crippen molar-refractivity contribution >= 4 is 22.8 Å². The summed E-state index contributed by atoms with van der Waals surface area (Å²) in [5, 5.41) is 3.96. The second-order valence-electron chi connectivity index (χ2n) is 7.45. The van der Waals surface area contributed by atoms with E-state index in [0.717, 1.165) is 33.5 Å². The first-order valence-electron chi connectivity index (χ1n) is 10.3. The van der Waals surface area contributed by atoms with Gasteiger partial charge in [-0.05, 0) is 57.0 Å². The summed E-state index contributed by atoms with van der Waals surface area (Å²) >= 11 is 0. The van der Waals surface area contributed by atoms with E-state index in [1.165, 1.54) is 0 Å². The minimum atomic E-state index is -0.169. The zero-order valence-electron chi connectivity index (χ0n) is 18.1. The first-order chi connectivity index (χ1) is 14.9. The first kappa shape index (κ1) is 20.5. The van der Waals surface area contributed by atoms with E-state index in [4.69, 9.17) is 4.74 Å². The van der Waals surface area contributed by atoms with Crippen LogP contribution < -0.4 is 15.6 Å². The van der Waals surface area contributed by atoms with Crippen molar-refractivity contribution in [3.05, 3.63) is 80.9 Å². The van der Waals surface area contributed by atoms with E-state index in [0.29, 0.717) is 36.2 Å². The molecule has 0 fully saturated rings. The van der Waals surface area contributed by atoms with E-state index in [2.05, 4.69) is 25.3 Å². The summed E-state index contributed by atoms with van der Waals surface area (Å²) in [4.78, 5) is 29.2. The van der Waals surface area contributed by atoms with Crippen molar-refractivity contribution in [1.29, 1.82) is 0 Å². The van der Waals surface area contributed by atoms with Gasteiger partial charge >= 0.3 is 0 Å². The Morgan fingerprint density at radius 1 is 1.00 bits per heavy atom. The highest BCUT2D eigenvalue weighted by molar-refractivity contribution is 5.83. The molecule has 2 heterocycles. The van der Waals surface area contributed by atoms with Crippen molar-refractivity contribution in [2.24, 2.45) is 0 Å². The topological polar surface area (TPSA) is 92.8 Å². The van der Waals surface area contributed by atoms with Crippen LogP contribution >= 0.6 is 0 Å². The second-order valence-corrected chi connectivity index (χ2v) is 7.45. The molecule has 2 aromatic heterocycles. The minimum absolute atomic E-state index is 0.169. The van der Waals surface area contributed by atoms with Crippen molar-refractivity contribution in [2.75, 3.05) is 11.9 Å². The summed E-state index contributed by atoms with van der Waals surface area (Å²) in [5.74, 6) is 1.48. The second kappa shape index (κ2) is 8.55. The maximum atomic E-state index is 12.8. The van der Waals surface area contributed by atoms with Crippen molar-refractivity contribution in [1.82, 2.24) is 19.9 Å². The number of hydrogen-bond donors (Lipinski definition) is 2. The largest absolute Gasteiger partial charge is 0.494 e. The summed E-state index contributed by atoms with van der Waals surface area (Å²) in [5.41, 5.74) is 5.01. The average Bonchev–Trinajstić information content (AvgIpc) is 2.73. The van der Waals surface area contributed by atoms with Gasteiger partial charge in [-0.25, -0.2) is 15.0 Å². The van der Waals surface area contributed by atoms with Crippen molar-refractivity contribution < 1.29 is 4.74 Å². The highest BCUT2D eigenvalue weighted by atomic mass is 16.5. The number of aromatic nitrogens is 4. The molecule has 0 saturated heterocycles. The zero-order chi connectivity index (χ0) is 22.0. The number of nitrogens with zero attached hydrogens (tertiary/aromatic N) is 3. The molecule has 0 bridgehead atoms. The van der Waals surface area contributed by atoms with Gasteiger partial charge in [0, 0.05) is 17.4 Å². The van der Waals surface area contributed by atoms with Gasteiger partial charge in [-0.15, -0.1) is 0 Å². The van der Waals surface area contributed by atoms with Crippen LogP contribution in [0.1, 0.15) is 35.0 Å². The van der Waals surface area contributed by atoms with Gasteiger partial charge < -0.3 is 4.74 Å². The molecule has 0 aliphatic rings. The summed E-state index contributed by atoms with van der Waals surface area (Å²) in [7, 11) is 0. The van der Waals surface area contributed by atoms with Crippen LogP contribution in [0.25, 0.3) is 10.9 Å². The van der Waals surface area contributed by atoms with E-state index in [1.807, 2.05) is 70.2 Å². The van der Waals surface area contributed by atoms with Crippen LogP contribution in [0, 0.1) is 20.8 Å². The lowest BCUT2D eigenvalue weighted by atomic mass is 10.0. The molecule has 0 unspecified atom stereocenters. The summed E-state index contributed by atoms with van der Waals surface area (Å²) in [6.07, 6.45) is 0.537. The molecule has 0 spiro atoms. The number of benzene rings is 2. The Labute approximate surface area is 180 Å². The molecule has 0 radical (unpaired) electrons. The van der Waals surface area contributed by atoms with Crippen molar-refractivity contribution in [3.63, 3.8) is 0 Å². The van der Waals surface area contributed by atoms with Gasteiger partial charge in [0.15, 0.2) is 0 Å². The SMILES string of the molecule is CCOc1ccc2nc(Nc3nc(C)c(Cc4ccccc4C)c(=O)[nH]3)nc(C)c2c1. The molecule has 31 heavy (non-hydrogen) atoms. The Kier molecular flexibility index (Phi) is 5.66. The standard InChI is InChI=1S/C24H25N5O2/c1-5-31-18-10-11-21-19(13-18)15(3)25-23(27-21)29-24-26-16(4)20(22(30)28-24)12-17-9-7-6-8-14(17)2/h6-11,13H,5,12H2,1-4H3,(H2,25,26,27,28,29,30). The number of nitrogens with one attached hydrogen (secondary N) is 2. The summed E-state index contributed by atoms with van der Waals surface area (Å²) in [6.45, 7) is 8.35. The Morgan fingerprint density at radius 3 is 2.55 bits per heavy atom. The lowest BCUT2D eigenvalue weighted by Crippen LogP contribution is -2.19. The summed E-state index contributed by atoms with van der Waals surface area (Å²) in [6, 6.07) is 13.8. The quantitative estimate of drug-likeness (QED) is 0.486. The molecule has 7 heteroatoms. The molecule has 7 nitrogen and oxygen atoms in total. The van der Waals surface area contributed by atoms with Crippen LogP contribution in [0.2, 0.25) is 0 Å². The third-order valence-electron chi connectivity index (χ3n) is 5.25. The van der Waals surface area contributed by atoms with Crippen LogP contribution in [0.4, 0.5) is 11.9 Å². The number of aromatic amines is 1. The molecular weight excluding hydrogens is 390 g/mol. The van der Waals surface area contributed by atoms with Gasteiger partial charge in [-0.2, -0.15) is 0 Å². The molecule has 4 rings (SSSR count). The predicted molar refractivity (Wildman–Crippen MR) is 122 cm³/mol. The highest BCUT2D eigenvalue weighted by Gasteiger charge is 2.12. The van der Waals surface area contributed by atoms with Gasteiger partial charge in [-0.3, -0.25) is 15.1 Å². The lowest BCUT2D eigenvalue weighted by Gasteiger charge is -2.11. The maximum Gasteiger partial charge on any atom is 0.256 e. The fourth-order valence-corrected chi connectivity index (χ4v) is 3.56. The number of ether oxygens (including phenoxy) is 1. The average molecular weight is 415 g/mol. The molecule has 158 valence electrons. The van der Waals surface area contributed by atoms with E-state index in [-0.39, 0.29) is 5.56 Å². The summed E-state index contributed by atoms with van der Waals surface area (Å²) < 4.78 is 5.56. The number of hydrogen-bond acceptors (Lipinski definition) is 6. The predicted octanol–water partition coefficient (Wildman–Crippen LogP) is 4.37. The molecule has 0 amide bonds. The Morgan fingerprint density at radius 2 is 1.81 bits per heavy atom. The zero-order valence-corrected chi connectivity index (χ0v) is 18.1. The van der Waals surface area contributed by atoms with Crippen molar-refractivity contribution in [3.8, 4) is 5.75 Å². The maximum absolute atomic E-state index is 12.8. The van der Waals surface area contributed by atoms with Crippen LogP contribution in [-0.4, -0.2) is 26.5 Å². The fraction of sp³-hybridized carbons (Fsp3) is 0.250. The Bertz CT molecular complexity index is 1310. The lowest BCUT2D eigenvalue weighted by molar-refractivity contribution is 0.340. The van der Waals surface area contributed by atoms with Crippen LogP contribution in [-0.2, 0) is 6.42 Å². The Hall–Kier alpha value is -3.74. The number of aryl methyl sites for hydroxylation is 3.